The third-order valence-corrected chi connectivity index (χ3v) is 3.86. The fraction of sp³-hybridized carbons (Fsp3) is 0.286. The zero-order chi connectivity index (χ0) is 15.6. The average molecular weight is 353 g/mol. The first-order valence-corrected chi connectivity index (χ1v) is 7.09. The van der Waals surface area contributed by atoms with E-state index in [0.717, 1.165) is 0 Å². The third kappa shape index (κ3) is 3.18. The van der Waals surface area contributed by atoms with E-state index < -0.39 is 17.9 Å². The minimum atomic E-state index is -0.714. The second-order valence-corrected chi connectivity index (χ2v) is 5.65. The number of carbonyl (C=O) groups is 4. The molecule has 3 amide bonds. The summed E-state index contributed by atoms with van der Waals surface area (Å²) < 4.78 is 0.660. The molecule has 1 aliphatic heterocycles. The summed E-state index contributed by atoms with van der Waals surface area (Å²) in [5, 5.41) is 2.21. The van der Waals surface area contributed by atoms with Gasteiger partial charge in [0.05, 0.1) is 5.56 Å². The van der Waals surface area contributed by atoms with Crippen molar-refractivity contribution in [1.29, 1.82) is 0 Å². The summed E-state index contributed by atoms with van der Waals surface area (Å²) in [6.07, 6.45) is 1.06. The highest BCUT2D eigenvalue weighted by molar-refractivity contribution is 9.10. The Hall–Kier alpha value is -2.02. The Morgan fingerprint density at radius 3 is 2.76 bits per heavy atom. The fourth-order valence-corrected chi connectivity index (χ4v) is 2.56. The van der Waals surface area contributed by atoms with E-state index in [9.17, 15) is 19.2 Å². The van der Waals surface area contributed by atoms with Crippen molar-refractivity contribution in [1.82, 2.24) is 10.2 Å². The van der Waals surface area contributed by atoms with Gasteiger partial charge in [0.25, 0.3) is 5.91 Å². The Bertz CT molecular complexity index is 629. The monoisotopic (exact) mass is 352 g/mol. The molecule has 1 heterocycles. The van der Waals surface area contributed by atoms with Gasteiger partial charge < -0.3 is 4.90 Å². The number of aldehydes is 1. The summed E-state index contributed by atoms with van der Waals surface area (Å²) in [6.45, 7) is 0. The molecule has 7 heteroatoms. The van der Waals surface area contributed by atoms with Gasteiger partial charge in [0.2, 0.25) is 11.8 Å². The Kier molecular flexibility index (Phi) is 4.52. The average Bonchev–Trinajstić information content (AvgIpc) is 2.45. The Morgan fingerprint density at radius 1 is 1.43 bits per heavy atom. The molecule has 0 spiro atoms. The van der Waals surface area contributed by atoms with Crippen LogP contribution in [0.25, 0.3) is 0 Å². The summed E-state index contributed by atoms with van der Waals surface area (Å²) in [5.41, 5.74) is 0.467. The van der Waals surface area contributed by atoms with Gasteiger partial charge in [0, 0.05) is 23.5 Å². The highest BCUT2D eigenvalue weighted by Crippen LogP contribution is 2.19. The lowest BCUT2D eigenvalue weighted by Crippen LogP contribution is -2.53. The molecule has 0 radical (unpaired) electrons. The van der Waals surface area contributed by atoms with Crippen LogP contribution in [0.4, 0.5) is 0 Å². The normalized spacial score (nSPS) is 18.1. The van der Waals surface area contributed by atoms with E-state index in [0.29, 0.717) is 10.8 Å². The highest BCUT2D eigenvalue weighted by Gasteiger charge is 2.33. The lowest BCUT2D eigenvalue weighted by molar-refractivity contribution is -0.136. The molecule has 110 valence electrons. The quantitative estimate of drug-likeness (QED) is 0.653. The van der Waals surface area contributed by atoms with Gasteiger partial charge in [-0.3, -0.25) is 24.5 Å². The van der Waals surface area contributed by atoms with Crippen LogP contribution in [-0.2, 0) is 9.59 Å². The van der Waals surface area contributed by atoms with Gasteiger partial charge in [-0.25, -0.2) is 0 Å². The van der Waals surface area contributed by atoms with Gasteiger partial charge >= 0.3 is 0 Å². The number of hydrogen-bond donors (Lipinski definition) is 1. The number of benzene rings is 1. The van der Waals surface area contributed by atoms with Crippen molar-refractivity contribution >= 4 is 39.9 Å². The third-order valence-electron chi connectivity index (χ3n) is 3.37. The lowest BCUT2D eigenvalue weighted by Gasteiger charge is -2.30. The molecule has 6 nitrogen and oxygen atoms in total. The van der Waals surface area contributed by atoms with E-state index >= 15 is 0 Å². The van der Waals surface area contributed by atoms with E-state index in [4.69, 9.17) is 0 Å². The number of rotatable bonds is 3. The Balaban J connectivity index is 2.27. The maximum atomic E-state index is 12.5. The van der Waals surface area contributed by atoms with Crippen LogP contribution >= 0.6 is 15.9 Å². The van der Waals surface area contributed by atoms with Crippen molar-refractivity contribution in [2.45, 2.75) is 18.9 Å². The van der Waals surface area contributed by atoms with Crippen molar-refractivity contribution in [3.05, 3.63) is 33.8 Å². The maximum absolute atomic E-state index is 12.5. The Labute approximate surface area is 129 Å². The SMILES string of the molecule is CN(C(=O)c1cc(Br)ccc1C=O)C1CCC(=O)NC1=O. The number of carbonyl (C=O) groups excluding carboxylic acids is 4. The summed E-state index contributed by atoms with van der Waals surface area (Å²) in [7, 11) is 1.48. The second kappa shape index (κ2) is 6.17. The van der Waals surface area contributed by atoms with Crippen LogP contribution in [0.15, 0.2) is 22.7 Å². The molecular weight excluding hydrogens is 340 g/mol. The van der Waals surface area contributed by atoms with E-state index in [2.05, 4.69) is 21.2 Å². The van der Waals surface area contributed by atoms with Crippen LogP contribution in [0, 0.1) is 0 Å². The molecule has 0 saturated carbocycles. The van der Waals surface area contributed by atoms with Crippen molar-refractivity contribution in [2.24, 2.45) is 0 Å². The molecule has 21 heavy (non-hydrogen) atoms. The number of amides is 3. The number of hydrogen-bond acceptors (Lipinski definition) is 4. The van der Waals surface area contributed by atoms with Gasteiger partial charge in [-0.2, -0.15) is 0 Å². The van der Waals surface area contributed by atoms with E-state index in [1.165, 1.54) is 24.1 Å². The van der Waals surface area contributed by atoms with Gasteiger partial charge in [-0.15, -0.1) is 0 Å². The first-order chi connectivity index (χ1) is 9.93. The van der Waals surface area contributed by atoms with Crippen LogP contribution in [0.3, 0.4) is 0 Å². The minimum Gasteiger partial charge on any atom is -0.330 e. The van der Waals surface area contributed by atoms with Gasteiger partial charge in [-0.05, 0) is 24.6 Å². The topological polar surface area (TPSA) is 83.6 Å². The van der Waals surface area contributed by atoms with E-state index in [-0.39, 0.29) is 29.9 Å². The number of likely N-dealkylation sites (N-methyl/N-ethyl adjacent to an activating group) is 1. The number of imide groups is 1. The molecule has 1 aliphatic rings. The second-order valence-electron chi connectivity index (χ2n) is 4.73. The van der Waals surface area contributed by atoms with Gasteiger partial charge in [-0.1, -0.05) is 15.9 Å². The van der Waals surface area contributed by atoms with Crippen molar-refractivity contribution in [3.63, 3.8) is 0 Å². The van der Waals surface area contributed by atoms with Crippen LogP contribution in [-0.4, -0.2) is 42.0 Å². The highest BCUT2D eigenvalue weighted by atomic mass is 79.9. The predicted molar refractivity (Wildman–Crippen MR) is 77.8 cm³/mol. The molecular formula is C14H13BrN2O4. The first kappa shape index (κ1) is 15.4. The summed E-state index contributed by atoms with van der Waals surface area (Å²) in [6, 6.07) is 4.01. The number of nitrogens with zero attached hydrogens (tertiary/aromatic N) is 1. The molecule has 1 saturated heterocycles. The molecule has 1 N–H and O–H groups in total. The molecule has 1 fully saturated rings. The summed E-state index contributed by atoms with van der Waals surface area (Å²) >= 11 is 3.25. The zero-order valence-corrected chi connectivity index (χ0v) is 12.8. The molecule has 2 rings (SSSR count). The van der Waals surface area contributed by atoms with Gasteiger partial charge in [0.1, 0.15) is 6.04 Å². The number of nitrogens with one attached hydrogen (secondary N) is 1. The van der Waals surface area contributed by atoms with Crippen LogP contribution in [0.2, 0.25) is 0 Å². The van der Waals surface area contributed by atoms with Crippen LogP contribution in [0.5, 0.6) is 0 Å². The van der Waals surface area contributed by atoms with Crippen molar-refractivity contribution < 1.29 is 19.2 Å². The standard InChI is InChI=1S/C14H13BrN2O4/c1-17(11-4-5-12(19)16-13(11)20)14(21)10-6-9(15)3-2-8(10)7-18/h2-3,6-7,11H,4-5H2,1H3,(H,16,19,20). The molecule has 1 atom stereocenters. The van der Waals surface area contributed by atoms with Crippen LogP contribution < -0.4 is 5.32 Å². The first-order valence-electron chi connectivity index (χ1n) is 6.29. The zero-order valence-electron chi connectivity index (χ0n) is 11.3. The molecule has 0 bridgehead atoms. The molecule has 1 aromatic rings. The molecule has 0 aromatic heterocycles. The summed E-state index contributed by atoms with van der Waals surface area (Å²) in [5.74, 6) is -1.27. The maximum Gasteiger partial charge on any atom is 0.255 e. The number of piperidine rings is 1. The van der Waals surface area contributed by atoms with E-state index in [1.54, 1.807) is 6.07 Å². The number of halogens is 1. The fourth-order valence-electron chi connectivity index (χ4n) is 2.20. The predicted octanol–water partition coefficient (Wildman–Crippen LogP) is 1.14. The molecule has 1 aromatic carbocycles. The lowest BCUT2D eigenvalue weighted by atomic mass is 10.0. The van der Waals surface area contributed by atoms with Crippen LogP contribution in [0.1, 0.15) is 33.6 Å². The minimum absolute atomic E-state index is 0.188. The van der Waals surface area contributed by atoms with E-state index in [1.807, 2.05) is 0 Å². The summed E-state index contributed by atoms with van der Waals surface area (Å²) in [4.78, 5) is 47.7. The van der Waals surface area contributed by atoms with Crippen molar-refractivity contribution in [2.75, 3.05) is 7.05 Å². The smallest absolute Gasteiger partial charge is 0.255 e. The van der Waals surface area contributed by atoms with Crippen molar-refractivity contribution in [3.8, 4) is 0 Å². The van der Waals surface area contributed by atoms with Gasteiger partial charge in [0.15, 0.2) is 6.29 Å². The Morgan fingerprint density at radius 2 is 2.14 bits per heavy atom. The molecule has 1 unspecified atom stereocenters. The largest absolute Gasteiger partial charge is 0.330 e. The molecule has 0 aliphatic carbocycles.